The lowest BCUT2D eigenvalue weighted by molar-refractivity contribution is 0.563. The van der Waals surface area contributed by atoms with Crippen molar-refractivity contribution in [2.24, 2.45) is 0 Å². The van der Waals surface area contributed by atoms with Gasteiger partial charge in [0.1, 0.15) is 4.90 Å². The minimum Gasteiger partial charge on any atom is -0.302 e. The molecule has 5 nitrogen and oxygen atoms in total. The normalized spacial score (nSPS) is 13.6. The molecule has 0 aromatic carbocycles. The van der Waals surface area contributed by atoms with Crippen LogP contribution in [0.1, 0.15) is 25.5 Å². The van der Waals surface area contributed by atoms with Crippen LogP contribution in [0.4, 0.5) is 0 Å². The van der Waals surface area contributed by atoms with E-state index in [1.54, 1.807) is 18.5 Å². The van der Waals surface area contributed by atoms with Crippen LogP contribution in [0.25, 0.3) is 5.65 Å². The van der Waals surface area contributed by atoms with Crippen LogP contribution >= 0.6 is 0 Å². The van der Waals surface area contributed by atoms with Gasteiger partial charge in [-0.05, 0) is 12.0 Å². The van der Waals surface area contributed by atoms with Crippen LogP contribution < -0.4 is 0 Å². The average Bonchev–Trinajstić information content (AvgIpc) is 2.56. The lowest BCUT2D eigenvalue weighted by atomic mass is 10.1. The predicted octanol–water partition coefficient (Wildman–Crippen LogP) is 1.43. The summed E-state index contributed by atoms with van der Waals surface area (Å²) in [5, 5.41) is 4.23. The standard InChI is InChI=1S/C9H11N3O2S/c1-6(2)7-8(15(13)14)9-10-4-3-5-12(9)11-7/h3-6H,1-2H3,(H,13,14). The summed E-state index contributed by atoms with van der Waals surface area (Å²) in [7, 11) is 0. The van der Waals surface area contributed by atoms with Gasteiger partial charge in [-0.15, -0.1) is 0 Å². The Balaban J connectivity index is 2.80. The van der Waals surface area contributed by atoms with Crippen LogP contribution in [-0.2, 0) is 11.1 Å². The van der Waals surface area contributed by atoms with E-state index in [0.717, 1.165) is 0 Å². The van der Waals surface area contributed by atoms with Crippen molar-refractivity contribution in [2.45, 2.75) is 24.7 Å². The molecule has 0 saturated carbocycles. The Bertz CT molecular complexity index is 521. The highest BCUT2D eigenvalue weighted by atomic mass is 32.2. The van der Waals surface area contributed by atoms with E-state index in [1.165, 1.54) is 4.52 Å². The molecule has 0 amide bonds. The van der Waals surface area contributed by atoms with Gasteiger partial charge < -0.3 is 4.55 Å². The van der Waals surface area contributed by atoms with Gasteiger partial charge in [0.25, 0.3) is 0 Å². The molecular formula is C9H11N3O2S. The zero-order valence-electron chi connectivity index (χ0n) is 8.41. The summed E-state index contributed by atoms with van der Waals surface area (Å²) in [6, 6.07) is 1.73. The highest BCUT2D eigenvalue weighted by Gasteiger charge is 2.20. The Morgan fingerprint density at radius 3 is 2.87 bits per heavy atom. The summed E-state index contributed by atoms with van der Waals surface area (Å²) < 4.78 is 22.0. The summed E-state index contributed by atoms with van der Waals surface area (Å²) in [5.41, 5.74) is 1.07. The van der Waals surface area contributed by atoms with Crippen molar-refractivity contribution in [3.05, 3.63) is 24.2 Å². The summed E-state index contributed by atoms with van der Waals surface area (Å²) >= 11 is -2.05. The minimum absolute atomic E-state index is 0.0952. The van der Waals surface area contributed by atoms with Crippen LogP contribution in [0.3, 0.4) is 0 Å². The van der Waals surface area contributed by atoms with E-state index in [1.807, 2.05) is 13.8 Å². The van der Waals surface area contributed by atoms with Crippen LogP contribution in [0, 0.1) is 0 Å². The highest BCUT2D eigenvalue weighted by Crippen LogP contribution is 2.23. The third-order valence-corrected chi connectivity index (χ3v) is 2.84. The SMILES string of the molecule is CC(C)c1nn2cccnc2c1S(=O)O. The Kier molecular flexibility index (Phi) is 2.54. The fourth-order valence-corrected chi connectivity index (χ4v) is 2.19. The molecule has 1 unspecified atom stereocenters. The maximum Gasteiger partial charge on any atom is 0.192 e. The van der Waals surface area contributed by atoms with E-state index in [-0.39, 0.29) is 5.92 Å². The topological polar surface area (TPSA) is 67.5 Å². The fourth-order valence-electron chi connectivity index (χ4n) is 1.43. The molecule has 0 fully saturated rings. The summed E-state index contributed by atoms with van der Waals surface area (Å²) in [6.45, 7) is 3.86. The maximum atomic E-state index is 11.2. The van der Waals surface area contributed by atoms with Gasteiger partial charge in [-0.25, -0.2) is 13.7 Å². The first-order valence-electron chi connectivity index (χ1n) is 4.55. The zero-order chi connectivity index (χ0) is 11.0. The van der Waals surface area contributed by atoms with E-state index < -0.39 is 11.1 Å². The number of rotatable bonds is 2. The molecule has 1 N–H and O–H groups in total. The predicted molar refractivity (Wildman–Crippen MR) is 56.1 cm³/mol. The van der Waals surface area contributed by atoms with Gasteiger partial charge in [-0.1, -0.05) is 13.8 Å². The molecule has 2 aromatic rings. The zero-order valence-corrected chi connectivity index (χ0v) is 9.23. The van der Waals surface area contributed by atoms with Crippen molar-refractivity contribution >= 4 is 16.7 Å². The van der Waals surface area contributed by atoms with Crippen LogP contribution in [0.15, 0.2) is 23.4 Å². The number of hydrogen-bond donors (Lipinski definition) is 1. The molecule has 2 rings (SSSR count). The smallest absolute Gasteiger partial charge is 0.192 e. The third-order valence-electron chi connectivity index (χ3n) is 2.10. The molecule has 15 heavy (non-hydrogen) atoms. The number of nitrogens with zero attached hydrogens (tertiary/aromatic N) is 3. The van der Waals surface area contributed by atoms with Crippen LogP contribution in [-0.4, -0.2) is 23.4 Å². The van der Waals surface area contributed by atoms with Crippen molar-refractivity contribution < 1.29 is 8.76 Å². The van der Waals surface area contributed by atoms with Gasteiger partial charge in [-0.3, -0.25) is 0 Å². The summed E-state index contributed by atoms with van der Waals surface area (Å²) in [4.78, 5) is 4.36. The molecular weight excluding hydrogens is 214 g/mol. The second kappa shape index (κ2) is 3.71. The van der Waals surface area contributed by atoms with Crippen molar-refractivity contribution in [3.63, 3.8) is 0 Å². The first-order valence-corrected chi connectivity index (χ1v) is 5.66. The lowest BCUT2D eigenvalue weighted by Gasteiger charge is -2.00. The van der Waals surface area contributed by atoms with E-state index in [9.17, 15) is 8.76 Å². The van der Waals surface area contributed by atoms with Crippen molar-refractivity contribution in [1.82, 2.24) is 14.6 Å². The Morgan fingerprint density at radius 2 is 2.27 bits per heavy atom. The third kappa shape index (κ3) is 1.66. The molecule has 0 aliphatic rings. The molecule has 0 saturated heterocycles. The van der Waals surface area contributed by atoms with Gasteiger partial charge in [-0.2, -0.15) is 5.10 Å². The molecule has 0 spiro atoms. The Labute approximate surface area is 89.4 Å². The minimum atomic E-state index is -2.05. The molecule has 6 heteroatoms. The molecule has 0 aliphatic carbocycles. The lowest BCUT2D eigenvalue weighted by Crippen LogP contribution is -1.96. The van der Waals surface area contributed by atoms with E-state index in [2.05, 4.69) is 10.1 Å². The van der Waals surface area contributed by atoms with Crippen LogP contribution in [0.2, 0.25) is 0 Å². The molecule has 0 bridgehead atoms. The fraction of sp³-hybridized carbons (Fsp3) is 0.333. The van der Waals surface area contributed by atoms with E-state index >= 15 is 0 Å². The second-order valence-corrected chi connectivity index (χ2v) is 4.41. The van der Waals surface area contributed by atoms with Crippen molar-refractivity contribution in [3.8, 4) is 0 Å². The van der Waals surface area contributed by atoms with Crippen molar-refractivity contribution in [2.75, 3.05) is 0 Å². The van der Waals surface area contributed by atoms with Gasteiger partial charge in [0, 0.05) is 12.4 Å². The summed E-state index contributed by atoms with van der Waals surface area (Å²) in [5.74, 6) is 0.0952. The molecule has 80 valence electrons. The number of fused-ring (bicyclic) bond motifs is 1. The van der Waals surface area contributed by atoms with Crippen LogP contribution in [0.5, 0.6) is 0 Å². The molecule has 0 radical (unpaired) electrons. The Hall–Kier alpha value is -1.27. The first kappa shape index (κ1) is 10.3. The largest absolute Gasteiger partial charge is 0.302 e. The maximum absolute atomic E-state index is 11.2. The van der Waals surface area contributed by atoms with Gasteiger partial charge in [0.05, 0.1) is 5.69 Å². The van der Waals surface area contributed by atoms with Gasteiger partial charge in [0.15, 0.2) is 16.7 Å². The van der Waals surface area contributed by atoms with E-state index in [0.29, 0.717) is 16.2 Å². The average molecular weight is 225 g/mol. The summed E-state index contributed by atoms with van der Waals surface area (Å²) in [6.07, 6.45) is 3.29. The highest BCUT2D eigenvalue weighted by molar-refractivity contribution is 7.79. The molecule has 1 atom stereocenters. The first-order chi connectivity index (χ1) is 7.11. The quantitative estimate of drug-likeness (QED) is 0.785. The number of aromatic nitrogens is 3. The Morgan fingerprint density at radius 1 is 1.53 bits per heavy atom. The number of hydrogen-bond acceptors (Lipinski definition) is 3. The van der Waals surface area contributed by atoms with Gasteiger partial charge >= 0.3 is 0 Å². The molecule has 2 aromatic heterocycles. The van der Waals surface area contributed by atoms with Gasteiger partial charge in [0.2, 0.25) is 0 Å². The van der Waals surface area contributed by atoms with Crippen molar-refractivity contribution in [1.29, 1.82) is 0 Å². The monoisotopic (exact) mass is 225 g/mol. The second-order valence-electron chi connectivity index (χ2n) is 3.51. The molecule has 0 aliphatic heterocycles. The molecule has 2 heterocycles. The van der Waals surface area contributed by atoms with E-state index in [4.69, 9.17) is 0 Å².